The van der Waals surface area contributed by atoms with E-state index in [1.54, 1.807) is 11.3 Å². The number of nitrogens with one attached hydrogen (secondary N) is 1. The lowest BCUT2D eigenvalue weighted by Gasteiger charge is -2.23. The number of nitrogens with zero attached hydrogens (tertiary/aromatic N) is 2. The summed E-state index contributed by atoms with van der Waals surface area (Å²) in [4.78, 5) is 25.3. The predicted molar refractivity (Wildman–Crippen MR) is 92.7 cm³/mol. The van der Waals surface area contributed by atoms with Gasteiger partial charge in [0.05, 0.1) is 4.88 Å². The number of aromatic amines is 1. The third kappa shape index (κ3) is 2.71. The summed E-state index contributed by atoms with van der Waals surface area (Å²) in [5.74, 6) is 1.51. The second-order valence-corrected chi connectivity index (χ2v) is 8.18. The molecule has 0 bridgehead atoms. The van der Waals surface area contributed by atoms with Gasteiger partial charge in [0, 0.05) is 35.5 Å². The van der Waals surface area contributed by atoms with E-state index in [1.807, 2.05) is 0 Å². The second kappa shape index (κ2) is 5.78. The highest BCUT2D eigenvalue weighted by molar-refractivity contribution is 7.15. The first-order chi connectivity index (χ1) is 11.1. The van der Waals surface area contributed by atoms with E-state index in [9.17, 15) is 4.79 Å². The number of imidazole rings is 1. The van der Waals surface area contributed by atoms with Crippen LogP contribution in [-0.4, -0.2) is 33.4 Å². The summed E-state index contributed by atoms with van der Waals surface area (Å²) in [6, 6.07) is 4.75. The number of aryl methyl sites for hydroxylation is 2. The van der Waals surface area contributed by atoms with Crippen LogP contribution >= 0.6 is 11.3 Å². The average Bonchev–Trinajstić information content (AvgIpc) is 3.25. The first-order valence-corrected chi connectivity index (χ1v) is 9.36. The lowest BCUT2D eigenvalue weighted by atomic mass is 10.1. The fraction of sp³-hybridized carbons (Fsp3) is 0.556. The molecular formula is C18H23N3OS. The van der Waals surface area contributed by atoms with Crippen LogP contribution in [0.3, 0.4) is 0 Å². The highest BCUT2D eigenvalue weighted by Gasteiger charge is 2.37. The number of amides is 1. The summed E-state index contributed by atoms with van der Waals surface area (Å²) < 4.78 is 0. The van der Waals surface area contributed by atoms with Crippen LogP contribution in [0.4, 0.5) is 0 Å². The van der Waals surface area contributed by atoms with E-state index in [0.29, 0.717) is 18.4 Å². The minimum absolute atomic E-state index is 0.219. The first kappa shape index (κ1) is 14.9. The number of hydrogen-bond donors (Lipinski definition) is 1. The van der Waals surface area contributed by atoms with E-state index in [4.69, 9.17) is 4.98 Å². The lowest BCUT2D eigenvalue weighted by Crippen LogP contribution is -2.34. The normalized spacial score (nSPS) is 22.4. The fourth-order valence-corrected chi connectivity index (χ4v) is 4.88. The van der Waals surface area contributed by atoms with Crippen LogP contribution in [0.5, 0.6) is 0 Å². The zero-order valence-electron chi connectivity index (χ0n) is 13.8. The number of thiophene rings is 1. The minimum Gasteiger partial charge on any atom is -0.345 e. The number of likely N-dealkylation sites (tertiary alicyclic amines) is 1. The average molecular weight is 329 g/mol. The van der Waals surface area contributed by atoms with Crippen molar-refractivity contribution >= 4 is 17.2 Å². The summed E-state index contributed by atoms with van der Waals surface area (Å²) in [6.07, 6.45) is 5.48. The van der Waals surface area contributed by atoms with E-state index in [1.165, 1.54) is 35.4 Å². The third-order valence-corrected chi connectivity index (χ3v) is 6.19. The van der Waals surface area contributed by atoms with Crippen molar-refractivity contribution in [3.8, 4) is 10.6 Å². The van der Waals surface area contributed by atoms with Crippen molar-refractivity contribution in [1.29, 1.82) is 0 Å². The quantitative estimate of drug-likeness (QED) is 0.925. The molecule has 1 aliphatic heterocycles. The molecule has 2 aromatic heterocycles. The molecule has 1 aliphatic carbocycles. The van der Waals surface area contributed by atoms with E-state index in [2.05, 4.69) is 35.9 Å². The molecule has 1 atom stereocenters. The Kier molecular flexibility index (Phi) is 3.76. The van der Waals surface area contributed by atoms with Crippen molar-refractivity contribution in [2.45, 2.75) is 57.9 Å². The molecule has 2 aromatic rings. The fourth-order valence-electron chi connectivity index (χ4n) is 3.96. The van der Waals surface area contributed by atoms with Crippen LogP contribution in [0.1, 0.15) is 54.4 Å². The summed E-state index contributed by atoms with van der Waals surface area (Å²) in [7, 11) is 0. The molecule has 0 radical (unpaired) electrons. The van der Waals surface area contributed by atoms with Gasteiger partial charge in [0.25, 0.3) is 0 Å². The van der Waals surface area contributed by atoms with Gasteiger partial charge in [-0.05, 0) is 38.8 Å². The summed E-state index contributed by atoms with van der Waals surface area (Å²) in [6.45, 7) is 5.03. The van der Waals surface area contributed by atoms with Gasteiger partial charge in [-0.15, -0.1) is 11.3 Å². The van der Waals surface area contributed by atoms with Gasteiger partial charge in [0.2, 0.25) is 5.91 Å². The van der Waals surface area contributed by atoms with Crippen LogP contribution in [0.15, 0.2) is 12.1 Å². The molecule has 1 saturated carbocycles. The number of rotatable bonds is 3. The largest absolute Gasteiger partial charge is 0.345 e. The summed E-state index contributed by atoms with van der Waals surface area (Å²) in [5, 5.41) is 0. The number of carbonyl (C=O) groups excluding carboxylic acids is 1. The van der Waals surface area contributed by atoms with Gasteiger partial charge in [-0.25, -0.2) is 4.98 Å². The summed E-state index contributed by atoms with van der Waals surface area (Å²) >= 11 is 1.77. The van der Waals surface area contributed by atoms with Crippen LogP contribution in [0, 0.1) is 13.8 Å². The Morgan fingerprint density at radius 1 is 1.26 bits per heavy atom. The zero-order valence-corrected chi connectivity index (χ0v) is 14.6. The molecular weight excluding hydrogens is 306 g/mol. The van der Waals surface area contributed by atoms with Gasteiger partial charge in [0.1, 0.15) is 11.5 Å². The monoisotopic (exact) mass is 329 g/mol. The molecule has 122 valence electrons. The molecule has 4 rings (SSSR count). The topological polar surface area (TPSA) is 49.0 Å². The molecule has 1 N–H and O–H groups in total. The summed E-state index contributed by atoms with van der Waals surface area (Å²) in [5.41, 5.74) is 2.15. The van der Waals surface area contributed by atoms with Crippen LogP contribution < -0.4 is 0 Å². The molecule has 5 heteroatoms. The Morgan fingerprint density at radius 2 is 2.04 bits per heavy atom. The Balaban J connectivity index is 1.56. The van der Waals surface area contributed by atoms with Gasteiger partial charge in [-0.3, -0.25) is 4.79 Å². The maximum Gasteiger partial charge on any atom is 0.223 e. The van der Waals surface area contributed by atoms with Crippen LogP contribution in [-0.2, 0) is 4.79 Å². The van der Waals surface area contributed by atoms with Crippen molar-refractivity contribution < 1.29 is 4.79 Å². The minimum atomic E-state index is 0.219. The lowest BCUT2D eigenvalue weighted by molar-refractivity contribution is -0.129. The van der Waals surface area contributed by atoms with Crippen molar-refractivity contribution in [2.24, 2.45) is 0 Å². The van der Waals surface area contributed by atoms with Crippen molar-refractivity contribution in [3.05, 3.63) is 28.5 Å². The van der Waals surface area contributed by atoms with Gasteiger partial charge >= 0.3 is 0 Å². The SMILES string of the molecule is Cc1ccc(-c2nc(C3CC(=O)N(C4CCCC4)C3)[nH]c2C)s1. The van der Waals surface area contributed by atoms with Gasteiger partial charge in [0.15, 0.2) is 0 Å². The maximum absolute atomic E-state index is 12.4. The first-order valence-electron chi connectivity index (χ1n) is 8.54. The van der Waals surface area contributed by atoms with Crippen LogP contribution in [0.25, 0.3) is 10.6 Å². The standard InChI is InChI=1S/C18H23N3OS/c1-11-7-8-15(23-11)17-12(2)19-18(20-17)13-9-16(22)21(10-13)14-5-3-4-6-14/h7-8,13-14H,3-6,9-10H2,1-2H3,(H,19,20). The molecule has 2 aliphatic rings. The highest BCUT2D eigenvalue weighted by atomic mass is 32.1. The van der Waals surface area contributed by atoms with Crippen molar-refractivity contribution in [1.82, 2.24) is 14.9 Å². The molecule has 1 unspecified atom stereocenters. The third-order valence-electron chi connectivity index (χ3n) is 5.19. The Hall–Kier alpha value is -1.62. The Bertz CT molecular complexity index is 726. The zero-order chi connectivity index (χ0) is 16.0. The Morgan fingerprint density at radius 3 is 2.74 bits per heavy atom. The van der Waals surface area contributed by atoms with E-state index in [-0.39, 0.29) is 5.92 Å². The predicted octanol–water partition coefficient (Wildman–Crippen LogP) is 4.01. The smallest absolute Gasteiger partial charge is 0.223 e. The molecule has 23 heavy (non-hydrogen) atoms. The number of carbonyl (C=O) groups is 1. The number of aromatic nitrogens is 2. The van der Waals surface area contributed by atoms with Crippen LogP contribution in [0.2, 0.25) is 0 Å². The van der Waals surface area contributed by atoms with Crippen molar-refractivity contribution in [3.63, 3.8) is 0 Å². The molecule has 2 fully saturated rings. The van der Waals surface area contributed by atoms with E-state index in [0.717, 1.165) is 23.8 Å². The molecule has 3 heterocycles. The van der Waals surface area contributed by atoms with E-state index < -0.39 is 0 Å². The van der Waals surface area contributed by atoms with E-state index >= 15 is 0 Å². The van der Waals surface area contributed by atoms with Crippen molar-refractivity contribution in [2.75, 3.05) is 6.54 Å². The van der Waals surface area contributed by atoms with Gasteiger partial charge < -0.3 is 9.88 Å². The van der Waals surface area contributed by atoms with Gasteiger partial charge in [-0.2, -0.15) is 0 Å². The maximum atomic E-state index is 12.4. The number of hydrogen-bond acceptors (Lipinski definition) is 3. The number of H-pyrrole nitrogens is 1. The second-order valence-electron chi connectivity index (χ2n) is 6.89. The molecule has 0 aromatic carbocycles. The Labute approximate surface area is 140 Å². The molecule has 0 spiro atoms. The molecule has 4 nitrogen and oxygen atoms in total. The molecule has 1 saturated heterocycles. The van der Waals surface area contributed by atoms with Gasteiger partial charge in [-0.1, -0.05) is 12.8 Å². The molecule has 1 amide bonds. The highest BCUT2D eigenvalue weighted by Crippen LogP contribution is 2.35.